The van der Waals surface area contributed by atoms with Crippen molar-refractivity contribution in [1.29, 1.82) is 0 Å². The van der Waals surface area contributed by atoms with Gasteiger partial charge in [0, 0.05) is 14.5 Å². The van der Waals surface area contributed by atoms with Crippen LogP contribution < -0.4 is 10.3 Å². The molecule has 9 heteroatoms. The number of methoxy groups -OCH3 is 1. The van der Waals surface area contributed by atoms with Gasteiger partial charge >= 0.3 is 5.97 Å². The molecule has 1 atom stereocenters. The van der Waals surface area contributed by atoms with Gasteiger partial charge in [-0.15, -0.1) is 0 Å². The quantitative estimate of drug-likeness (QED) is 0.373. The molecule has 0 aliphatic rings. The SMILES string of the molecule is COC(=O)[C@H](C)Oc1ccc(Br)cc1C=Nn1c(C)nc2ccc(Br)cc2c1=O. The van der Waals surface area contributed by atoms with E-state index in [0.29, 0.717) is 28.0 Å². The Labute approximate surface area is 183 Å². The van der Waals surface area contributed by atoms with E-state index < -0.39 is 12.1 Å². The maximum Gasteiger partial charge on any atom is 0.346 e. The van der Waals surface area contributed by atoms with Gasteiger partial charge in [0.05, 0.1) is 24.2 Å². The van der Waals surface area contributed by atoms with Gasteiger partial charge in [0.1, 0.15) is 11.6 Å². The first kappa shape index (κ1) is 21.2. The molecule has 0 aliphatic carbocycles. The van der Waals surface area contributed by atoms with E-state index >= 15 is 0 Å². The van der Waals surface area contributed by atoms with E-state index in [2.05, 4.69) is 41.9 Å². The summed E-state index contributed by atoms with van der Waals surface area (Å²) in [6.07, 6.45) is 0.696. The number of aryl methyl sites for hydroxylation is 1. The molecule has 29 heavy (non-hydrogen) atoms. The minimum absolute atomic E-state index is 0.287. The number of fused-ring (bicyclic) bond motifs is 1. The molecule has 7 nitrogen and oxygen atoms in total. The van der Waals surface area contributed by atoms with Crippen LogP contribution in [-0.2, 0) is 9.53 Å². The molecule has 0 saturated carbocycles. The number of nitrogens with zero attached hydrogens (tertiary/aromatic N) is 3. The Balaban J connectivity index is 2.03. The summed E-state index contributed by atoms with van der Waals surface area (Å²) in [4.78, 5) is 29.0. The van der Waals surface area contributed by atoms with Crippen LogP contribution in [0.5, 0.6) is 5.75 Å². The van der Waals surface area contributed by atoms with Gasteiger partial charge in [-0.1, -0.05) is 31.9 Å². The van der Waals surface area contributed by atoms with Gasteiger partial charge in [-0.05, 0) is 50.2 Å². The molecule has 0 spiro atoms. The van der Waals surface area contributed by atoms with Crippen molar-refractivity contribution in [3.05, 3.63) is 67.1 Å². The fourth-order valence-electron chi connectivity index (χ4n) is 2.65. The van der Waals surface area contributed by atoms with Crippen LogP contribution in [0.1, 0.15) is 18.3 Å². The Morgan fingerprint density at radius 1 is 1.21 bits per heavy atom. The van der Waals surface area contributed by atoms with Crippen LogP contribution >= 0.6 is 31.9 Å². The first-order valence-electron chi connectivity index (χ1n) is 8.57. The maximum absolute atomic E-state index is 12.9. The predicted molar refractivity (Wildman–Crippen MR) is 118 cm³/mol. The molecule has 3 rings (SSSR count). The number of hydrogen-bond acceptors (Lipinski definition) is 6. The molecule has 0 N–H and O–H groups in total. The molecule has 150 valence electrons. The Morgan fingerprint density at radius 3 is 2.62 bits per heavy atom. The van der Waals surface area contributed by atoms with Crippen molar-refractivity contribution >= 4 is 54.9 Å². The highest BCUT2D eigenvalue weighted by Crippen LogP contribution is 2.23. The van der Waals surface area contributed by atoms with Crippen LogP contribution in [0.4, 0.5) is 0 Å². The molecule has 1 aromatic heterocycles. The number of rotatable bonds is 5. The van der Waals surface area contributed by atoms with Crippen molar-refractivity contribution in [1.82, 2.24) is 9.66 Å². The number of ether oxygens (including phenoxy) is 2. The summed E-state index contributed by atoms with van der Waals surface area (Å²) in [5.41, 5.74) is 0.891. The van der Waals surface area contributed by atoms with E-state index in [-0.39, 0.29) is 5.56 Å². The fourth-order valence-corrected chi connectivity index (χ4v) is 3.39. The summed E-state index contributed by atoms with van der Waals surface area (Å²) in [6, 6.07) is 10.6. The number of hydrogen-bond donors (Lipinski definition) is 0. The normalized spacial score (nSPS) is 12.3. The zero-order valence-electron chi connectivity index (χ0n) is 15.8. The smallest absolute Gasteiger partial charge is 0.346 e. The molecule has 0 unspecified atom stereocenters. The van der Waals surface area contributed by atoms with E-state index in [9.17, 15) is 9.59 Å². The van der Waals surface area contributed by atoms with Gasteiger partial charge in [0.25, 0.3) is 5.56 Å². The van der Waals surface area contributed by atoms with E-state index in [4.69, 9.17) is 9.47 Å². The van der Waals surface area contributed by atoms with Crippen LogP contribution in [0.25, 0.3) is 10.9 Å². The van der Waals surface area contributed by atoms with E-state index in [1.165, 1.54) is 18.0 Å². The van der Waals surface area contributed by atoms with Crippen molar-refractivity contribution < 1.29 is 14.3 Å². The topological polar surface area (TPSA) is 82.8 Å². The Morgan fingerprint density at radius 2 is 1.90 bits per heavy atom. The minimum atomic E-state index is -0.794. The van der Waals surface area contributed by atoms with Crippen molar-refractivity contribution in [2.75, 3.05) is 7.11 Å². The minimum Gasteiger partial charge on any atom is -0.478 e. The molecular formula is C20H17Br2N3O4. The lowest BCUT2D eigenvalue weighted by Gasteiger charge is -2.14. The first-order chi connectivity index (χ1) is 13.8. The second-order valence-corrected chi connectivity index (χ2v) is 7.98. The van der Waals surface area contributed by atoms with Crippen molar-refractivity contribution in [3.63, 3.8) is 0 Å². The van der Waals surface area contributed by atoms with Crippen LogP contribution in [0.2, 0.25) is 0 Å². The number of halogens is 2. The van der Waals surface area contributed by atoms with E-state index in [1.807, 2.05) is 6.07 Å². The molecular weight excluding hydrogens is 506 g/mol. The summed E-state index contributed by atoms with van der Waals surface area (Å²) in [7, 11) is 1.30. The largest absolute Gasteiger partial charge is 0.478 e. The molecule has 0 amide bonds. The zero-order valence-corrected chi connectivity index (χ0v) is 19.0. The second kappa shape index (κ2) is 8.87. The van der Waals surface area contributed by atoms with Crippen LogP contribution in [0.3, 0.4) is 0 Å². The van der Waals surface area contributed by atoms with Gasteiger partial charge in [-0.25, -0.2) is 9.78 Å². The first-order valence-corrected chi connectivity index (χ1v) is 10.2. The van der Waals surface area contributed by atoms with Gasteiger partial charge in [0.15, 0.2) is 6.10 Å². The average molecular weight is 523 g/mol. The number of carbonyl (C=O) groups excluding carboxylic acids is 1. The highest BCUT2D eigenvalue weighted by molar-refractivity contribution is 9.10. The molecule has 0 bridgehead atoms. The summed E-state index contributed by atoms with van der Waals surface area (Å²) < 4.78 is 13.2. The monoisotopic (exact) mass is 521 g/mol. The Bertz CT molecular complexity index is 1170. The standard InChI is InChI=1S/C20H17Br2N3O4/c1-11(20(27)28-3)29-18-7-5-14(21)8-13(18)10-23-25-12(2)24-17-6-4-15(22)9-16(17)19(25)26/h4-11H,1-3H3/t11-/m0/s1. The summed E-state index contributed by atoms with van der Waals surface area (Å²) in [6.45, 7) is 3.30. The van der Waals surface area contributed by atoms with Gasteiger partial charge in [0.2, 0.25) is 0 Å². The fraction of sp³-hybridized carbons (Fsp3) is 0.200. The molecule has 3 aromatic rings. The molecule has 0 fully saturated rings. The average Bonchev–Trinajstić information content (AvgIpc) is 2.69. The van der Waals surface area contributed by atoms with Gasteiger partial charge in [-0.3, -0.25) is 4.79 Å². The summed E-state index contributed by atoms with van der Waals surface area (Å²) in [5.74, 6) is 0.380. The summed E-state index contributed by atoms with van der Waals surface area (Å²) >= 11 is 6.78. The van der Waals surface area contributed by atoms with Crippen LogP contribution in [0, 0.1) is 6.92 Å². The van der Waals surface area contributed by atoms with Crippen molar-refractivity contribution in [2.24, 2.45) is 5.10 Å². The highest BCUT2D eigenvalue weighted by Gasteiger charge is 2.16. The van der Waals surface area contributed by atoms with Crippen LogP contribution in [-0.4, -0.2) is 35.1 Å². The second-order valence-electron chi connectivity index (χ2n) is 6.15. The van der Waals surface area contributed by atoms with Crippen molar-refractivity contribution in [3.8, 4) is 5.75 Å². The maximum atomic E-state index is 12.9. The number of esters is 1. The van der Waals surface area contributed by atoms with Gasteiger partial charge in [-0.2, -0.15) is 9.78 Å². The molecule has 0 radical (unpaired) electrons. The third-order valence-corrected chi connectivity index (χ3v) is 5.08. The predicted octanol–water partition coefficient (Wildman–Crippen LogP) is 4.05. The number of aromatic nitrogens is 2. The Hall–Kier alpha value is -2.52. The molecule has 2 aromatic carbocycles. The summed E-state index contributed by atoms with van der Waals surface area (Å²) in [5, 5.41) is 4.76. The lowest BCUT2D eigenvalue weighted by molar-refractivity contribution is -0.147. The Kier molecular flexibility index (Phi) is 6.49. The number of carbonyl (C=O) groups is 1. The molecule has 0 saturated heterocycles. The lowest BCUT2D eigenvalue weighted by Crippen LogP contribution is -2.25. The molecule has 0 aliphatic heterocycles. The van der Waals surface area contributed by atoms with E-state index in [1.54, 1.807) is 44.2 Å². The lowest BCUT2D eigenvalue weighted by atomic mass is 10.2. The van der Waals surface area contributed by atoms with Crippen molar-refractivity contribution in [2.45, 2.75) is 20.0 Å². The van der Waals surface area contributed by atoms with Crippen LogP contribution in [0.15, 0.2) is 55.2 Å². The molecule has 1 heterocycles. The van der Waals surface area contributed by atoms with E-state index in [0.717, 1.165) is 8.95 Å². The van der Waals surface area contributed by atoms with Gasteiger partial charge < -0.3 is 9.47 Å². The third kappa shape index (κ3) is 4.73. The number of benzene rings is 2. The third-order valence-electron chi connectivity index (χ3n) is 4.09. The zero-order chi connectivity index (χ0) is 21.1. The highest BCUT2D eigenvalue weighted by atomic mass is 79.9.